The van der Waals surface area contributed by atoms with E-state index >= 15 is 0 Å². The summed E-state index contributed by atoms with van der Waals surface area (Å²) in [6.07, 6.45) is 0.200. The van der Waals surface area contributed by atoms with Gasteiger partial charge in [0.1, 0.15) is 16.2 Å². The Labute approximate surface area is 169 Å². The Morgan fingerprint density at radius 3 is 2.61 bits per heavy atom. The average molecular weight is 420 g/mol. The van der Waals surface area contributed by atoms with E-state index in [4.69, 9.17) is 17.3 Å². The number of aromatic nitrogens is 2. The summed E-state index contributed by atoms with van der Waals surface area (Å²) in [5.74, 6) is -1.56. The van der Waals surface area contributed by atoms with Gasteiger partial charge in [0.2, 0.25) is 0 Å². The fourth-order valence-corrected chi connectivity index (χ4v) is 4.34. The maximum atomic E-state index is 13.3. The number of carboxylic acid groups (broad SMARTS) is 1. The lowest BCUT2D eigenvalue weighted by molar-refractivity contribution is -0.146. The van der Waals surface area contributed by atoms with Crippen LogP contribution in [0.3, 0.4) is 0 Å². The van der Waals surface area contributed by atoms with E-state index in [1.54, 1.807) is 25.1 Å². The summed E-state index contributed by atoms with van der Waals surface area (Å²) in [4.78, 5) is 42.0. The minimum Gasteiger partial charge on any atom is -0.480 e. The van der Waals surface area contributed by atoms with Gasteiger partial charge in [-0.15, -0.1) is 11.3 Å². The van der Waals surface area contributed by atoms with Crippen LogP contribution in [0.5, 0.6) is 0 Å². The molecule has 28 heavy (non-hydrogen) atoms. The van der Waals surface area contributed by atoms with Crippen LogP contribution in [0, 0.1) is 6.92 Å². The number of amides is 1. The molecule has 0 aliphatic carbocycles. The minimum absolute atomic E-state index is 0.200. The molecule has 2 heterocycles. The first-order chi connectivity index (χ1) is 13.0. The summed E-state index contributed by atoms with van der Waals surface area (Å²) in [6.45, 7) is 4.47. The Morgan fingerprint density at radius 1 is 1.36 bits per heavy atom. The van der Waals surface area contributed by atoms with Crippen molar-refractivity contribution >= 4 is 45.0 Å². The number of carbonyl (C=O) groups excluding carboxylic acids is 1. The second-order valence-electron chi connectivity index (χ2n) is 6.94. The van der Waals surface area contributed by atoms with Crippen LogP contribution < -0.4 is 11.3 Å². The van der Waals surface area contributed by atoms with Gasteiger partial charge in [0.25, 0.3) is 11.5 Å². The lowest BCUT2D eigenvalue weighted by atomic mass is 10.0. The molecule has 3 N–H and O–H groups in total. The smallest absolute Gasteiger partial charge is 0.329 e. The fraction of sp³-hybridized carbons (Fsp3) is 0.263. The summed E-state index contributed by atoms with van der Waals surface area (Å²) in [5.41, 5.74) is 4.53. The topological polar surface area (TPSA) is 115 Å². The molecule has 1 aromatic carbocycles. The standard InChI is InChI=1S/C19H18ClN3O4S/c1-9-13-16(28-14(9)15(21)24)22-12(8-10-5-4-6-11(20)7-10)23(17(13)25)19(2,3)18(26)27/h4-7H,8H2,1-3H3,(H2,21,24)(H,26,27). The number of aryl methyl sites for hydroxylation is 1. The molecule has 2 aromatic heterocycles. The van der Waals surface area contributed by atoms with Crippen molar-refractivity contribution in [3.05, 3.63) is 61.5 Å². The molecule has 9 heteroatoms. The zero-order chi connectivity index (χ0) is 20.8. The molecule has 146 valence electrons. The molecule has 7 nitrogen and oxygen atoms in total. The highest BCUT2D eigenvalue weighted by Crippen LogP contribution is 2.29. The number of thiophene rings is 1. The van der Waals surface area contributed by atoms with Crippen molar-refractivity contribution in [1.29, 1.82) is 0 Å². The number of halogens is 1. The number of hydrogen-bond acceptors (Lipinski definition) is 5. The highest BCUT2D eigenvalue weighted by Gasteiger charge is 2.34. The number of benzene rings is 1. The van der Waals surface area contributed by atoms with Gasteiger partial charge < -0.3 is 10.8 Å². The predicted octanol–water partition coefficient (Wildman–Crippen LogP) is 2.93. The van der Waals surface area contributed by atoms with Gasteiger partial charge in [-0.1, -0.05) is 23.7 Å². The minimum atomic E-state index is -1.55. The van der Waals surface area contributed by atoms with Crippen molar-refractivity contribution in [3.63, 3.8) is 0 Å². The molecule has 0 bridgehead atoms. The number of carboxylic acids is 1. The van der Waals surface area contributed by atoms with Crippen LogP contribution in [0.1, 0.15) is 40.5 Å². The van der Waals surface area contributed by atoms with E-state index in [0.717, 1.165) is 16.9 Å². The van der Waals surface area contributed by atoms with Crippen molar-refractivity contribution in [2.75, 3.05) is 0 Å². The summed E-state index contributed by atoms with van der Waals surface area (Å²) in [7, 11) is 0. The molecular weight excluding hydrogens is 402 g/mol. The first-order valence-electron chi connectivity index (χ1n) is 8.37. The lowest BCUT2D eigenvalue weighted by Gasteiger charge is -2.25. The van der Waals surface area contributed by atoms with Crippen LogP contribution in [0.15, 0.2) is 29.1 Å². The molecule has 3 rings (SSSR count). The number of nitrogens with two attached hydrogens (primary N) is 1. The molecule has 0 fully saturated rings. The van der Waals surface area contributed by atoms with Gasteiger partial charge in [-0.2, -0.15) is 0 Å². The van der Waals surface area contributed by atoms with E-state index < -0.39 is 23.0 Å². The number of nitrogens with zero attached hydrogens (tertiary/aromatic N) is 2. The molecule has 0 unspecified atom stereocenters. The van der Waals surface area contributed by atoms with Crippen LogP contribution in [0.25, 0.3) is 10.2 Å². The lowest BCUT2D eigenvalue weighted by Crippen LogP contribution is -2.45. The number of aliphatic carboxylic acids is 1. The monoisotopic (exact) mass is 419 g/mol. The Balaban J connectivity index is 2.36. The van der Waals surface area contributed by atoms with Crippen LogP contribution in [-0.2, 0) is 16.8 Å². The van der Waals surface area contributed by atoms with Crippen LogP contribution >= 0.6 is 22.9 Å². The maximum Gasteiger partial charge on any atom is 0.329 e. The van der Waals surface area contributed by atoms with Gasteiger partial charge in [0.05, 0.1) is 10.3 Å². The van der Waals surface area contributed by atoms with E-state index in [1.807, 2.05) is 6.07 Å². The summed E-state index contributed by atoms with van der Waals surface area (Å²) < 4.78 is 1.17. The Kier molecular flexibility index (Phi) is 5.03. The molecule has 1 amide bonds. The molecule has 0 saturated carbocycles. The number of fused-ring (bicyclic) bond motifs is 1. The molecule has 0 radical (unpaired) electrons. The third-order valence-corrected chi connectivity index (χ3v) is 6.03. The first kappa shape index (κ1) is 20.0. The van der Waals surface area contributed by atoms with Gasteiger partial charge >= 0.3 is 5.97 Å². The van der Waals surface area contributed by atoms with Gasteiger partial charge in [0.15, 0.2) is 0 Å². The molecular formula is C19H18ClN3O4S. The maximum absolute atomic E-state index is 13.3. The molecule has 0 spiro atoms. The molecule has 0 atom stereocenters. The number of hydrogen-bond donors (Lipinski definition) is 2. The number of primary amides is 1. The van der Waals surface area contributed by atoms with E-state index in [2.05, 4.69) is 4.98 Å². The van der Waals surface area contributed by atoms with Gasteiger partial charge in [-0.25, -0.2) is 9.78 Å². The normalized spacial score (nSPS) is 11.7. The molecule has 3 aromatic rings. The van der Waals surface area contributed by atoms with Crippen LogP contribution in [0.2, 0.25) is 5.02 Å². The molecule has 0 saturated heterocycles. The Hall–Kier alpha value is -2.71. The van der Waals surface area contributed by atoms with Crippen molar-refractivity contribution in [1.82, 2.24) is 9.55 Å². The third kappa shape index (κ3) is 3.29. The van der Waals surface area contributed by atoms with E-state index in [0.29, 0.717) is 15.4 Å². The quantitative estimate of drug-likeness (QED) is 0.659. The SMILES string of the molecule is Cc1c(C(N)=O)sc2nc(Cc3cccc(Cl)c3)n(C(C)(C)C(=O)O)c(=O)c12. The van der Waals surface area contributed by atoms with Crippen LogP contribution in [0.4, 0.5) is 0 Å². The van der Waals surface area contributed by atoms with Gasteiger partial charge in [-0.3, -0.25) is 14.2 Å². The zero-order valence-corrected chi connectivity index (χ0v) is 17.0. The van der Waals surface area contributed by atoms with Gasteiger partial charge in [0, 0.05) is 11.4 Å². The van der Waals surface area contributed by atoms with E-state index in [9.17, 15) is 19.5 Å². The first-order valence-corrected chi connectivity index (χ1v) is 9.56. The van der Waals surface area contributed by atoms with Crippen molar-refractivity contribution < 1.29 is 14.7 Å². The van der Waals surface area contributed by atoms with Gasteiger partial charge in [-0.05, 0) is 44.0 Å². The third-order valence-electron chi connectivity index (χ3n) is 4.59. The zero-order valence-electron chi connectivity index (χ0n) is 15.4. The Bertz CT molecular complexity index is 1180. The van der Waals surface area contributed by atoms with Crippen LogP contribution in [-0.4, -0.2) is 26.5 Å². The Morgan fingerprint density at radius 2 is 2.04 bits per heavy atom. The second kappa shape index (κ2) is 7.03. The number of rotatable bonds is 5. The number of carbonyl (C=O) groups is 2. The summed E-state index contributed by atoms with van der Waals surface area (Å²) in [6, 6.07) is 7.03. The predicted molar refractivity (Wildman–Crippen MR) is 108 cm³/mol. The van der Waals surface area contributed by atoms with Crippen molar-refractivity contribution in [2.45, 2.75) is 32.7 Å². The molecule has 0 aliphatic rings. The largest absolute Gasteiger partial charge is 0.480 e. The van der Waals surface area contributed by atoms with E-state index in [-0.39, 0.29) is 22.5 Å². The highest BCUT2D eigenvalue weighted by molar-refractivity contribution is 7.20. The highest BCUT2D eigenvalue weighted by atomic mass is 35.5. The molecule has 0 aliphatic heterocycles. The average Bonchev–Trinajstić information content (AvgIpc) is 2.91. The van der Waals surface area contributed by atoms with Crippen molar-refractivity contribution in [3.8, 4) is 0 Å². The second-order valence-corrected chi connectivity index (χ2v) is 8.38. The van der Waals surface area contributed by atoms with E-state index in [1.165, 1.54) is 18.4 Å². The summed E-state index contributed by atoms with van der Waals surface area (Å²) in [5, 5.41) is 10.4. The summed E-state index contributed by atoms with van der Waals surface area (Å²) >= 11 is 7.07. The van der Waals surface area contributed by atoms with Crippen molar-refractivity contribution in [2.24, 2.45) is 5.73 Å². The fourth-order valence-electron chi connectivity index (χ4n) is 3.08.